The van der Waals surface area contributed by atoms with Crippen LogP contribution in [0.4, 0.5) is 0 Å². The Morgan fingerprint density at radius 1 is 1.26 bits per heavy atom. The Morgan fingerprint density at radius 2 is 2.05 bits per heavy atom. The first-order valence-electron chi connectivity index (χ1n) is 6.61. The first kappa shape index (κ1) is 13.9. The first-order chi connectivity index (χ1) is 9.24. The molecule has 0 saturated heterocycles. The summed E-state index contributed by atoms with van der Waals surface area (Å²) in [5.41, 5.74) is 0. The average molecular weight is 278 g/mol. The molecule has 2 aromatic rings. The van der Waals surface area contributed by atoms with Gasteiger partial charge >= 0.3 is 5.97 Å². The average Bonchev–Trinajstić information content (AvgIpc) is 2.78. The van der Waals surface area contributed by atoms with E-state index in [4.69, 9.17) is 4.74 Å². The van der Waals surface area contributed by atoms with E-state index in [9.17, 15) is 9.90 Å². The van der Waals surface area contributed by atoms with Gasteiger partial charge in [0.1, 0.15) is 0 Å². The van der Waals surface area contributed by atoms with Gasteiger partial charge in [-0.15, -0.1) is 11.3 Å². The molecule has 0 aliphatic carbocycles. The Labute approximate surface area is 116 Å². The summed E-state index contributed by atoms with van der Waals surface area (Å²) in [6.45, 7) is 2.75. The lowest BCUT2D eigenvalue weighted by Crippen LogP contribution is -2.01. The minimum atomic E-state index is -0.912. The number of carbonyl (C=O) groups is 1. The number of carboxylic acids is 1. The smallest absolute Gasteiger partial charge is 0.349 e. The quantitative estimate of drug-likeness (QED) is 0.755. The van der Waals surface area contributed by atoms with Crippen molar-refractivity contribution in [1.82, 2.24) is 0 Å². The molecule has 0 spiro atoms. The zero-order valence-electron chi connectivity index (χ0n) is 11.0. The maximum absolute atomic E-state index is 11.3. The van der Waals surface area contributed by atoms with Crippen LogP contribution in [0.25, 0.3) is 10.1 Å². The van der Waals surface area contributed by atoms with E-state index in [-0.39, 0.29) is 0 Å². The van der Waals surface area contributed by atoms with Crippen molar-refractivity contribution in [2.45, 2.75) is 32.6 Å². The van der Waals surface area contributed by atoms with Crippen LogP contribution >= 0.6 is 11.3 Å². The van der Waals surface area contributed by atoms with Crippen molar-refractivity contribution in [3.63, 3.8) is 0 Å². The van der Waals surface area contributed by atoms with Gasteiger partial charge in [-0.1, -0.05) is 38.3 Å². The molecule has 0 aliphatic rings. The monoisotopic (exact) mass is 278 g/mol. The number of thiophene rings is 1. The maximum atomic E-state index is 11.3. The number of fused-ring (bicyclic) bond motifs is 1. The minimum absolute atomic E-state index is 0.302. The number of hydrogen-bond donors (Lipinski definition) is 1. The highest BCUT2D eigenvalue weighted by Crippen LogP contribution is 2.37. The summed E-state index contributed by atoms with van der Waals surface area (Å²) < 4.78 is 6.69. The van der Waals surface area contributed by atoms with Crippen molar-refractivity contribution in [1.29, 1.82) is 0 Å². The summed E-state index contributed by atoms with van der Waals surface area (Å²) in [6, 6.07) is 7.66. The van der Waals surface area contributed by atoms with Gasteiger partial charge in [0.25, 0.3) is 0 Å². The van der Waals surface area contributed by atoms with E-state index in [1.165, 1.54) is 24.2 Å². The number of ether oxygens (including phenoxy) is 1. The van der Waals surface area contributed by atoms with Gasteiger partial charge < -0.3 is 9.84 Å². The van der Waals surface area contributed by atoms with Gasteiger partial charge in [0.2, 0.25) is 0 Å². The standard InChI is InChI=1S/C15H18O3S/c1-2-3-4-7-10-18-13-11-8-5-6-9-12(11)19-14(13)15(16)17/h5-6,8-9H,2-4,7,10H2,1H3,(H,16,17). The highest BCUT2D eigenvalue weighted by atomic mass is 32.1. The van der Waals surface area contributed by atoms with Crippen molar-refractivity contribution in [2.24, 2.45) is 0 Å². The topological polar surface area (TPSA) is 46.5 Å². The summed E-state index contributed by atoms with van der Waals surface area (Å²) in [4.78, 5) is 11.6. The summed E-state index contributed by atoms with van der Waals surface area (Å²) in [5, 5.41) is 10.1. The molecule has 0 bridgehead atoms. The van der Waals surface area contributed by atoms with Gasteiger partial charge in [0.15, 0.2) is 10.6 Å². The molecule has 0 radical (unpaired) electrons. The molecule has 102 valence electrons. The van der Waals surface area contributed by atoms with Crippen LogP contribution in [-0.2, 0) is 0 Å². The predicted molar refractivity (Wildman–Crippen MR) is 78.4 cm³/mol. The van der Waals surface area contributed by atoms with E-state index in [1.807, 2.05) is 24.3 Å². The maximum Gasteiger partial charge on any atom is 0.349 e. The van der Waals surface area contributed by atoms with Crippen LogP contribution in [0, 0.1) is 0 Å². The van der Waals surface area contributed by atoms with Crippen LogP contribution in [0.5, 0.6) is 5.75 Å². The van der Waals surface area contributed by atoms with E-state index in [0.29, 0.717) is 17.2 Å². The number of carboxylic acid groups (broad SMARTS) is 1. The fourth-order valence-electron chi connectivity index (χ4n) is 2.01. The van der Waals surface area contributed by atoms with Crippen LogP contribution < -0.4 is 4.74 Å². The summed E-state index contributed by atoms with van der Waals surface area (Å²) in [5.74, 6) is -0.380. The lowest BCUT2D eigenvalue weighted by atomic mass is 10.2. The van der Waals surface area contributed by atoms with E-state index in [2.05, 4.69) is 6.92 Å². The molecule has 4 heteroatoms. The van der Waals surface area contributed by atoms with E-state index >= 15 is 0 Å². The third-order valence-electron chi connectivity index (χ3n) is 2.99. The molecule has 0 unspecified atom stereocenters. The zero-order valence-corrected chi connectivity index (χ0v) is 11.8. The molecule has 0 amide bonds. The molecule has 1 heterocycles. The Hall–Kier alpha value is -1.55. The molecule has 1 N–H and O–H groups in total. The molecular formula is C15H18O3S. The van der Waals surface area contributed by atoms with Gasteiger partial charge in [-0.25, -0.2) is 4.79 Å². The number of rotatable bonds is 7. The Morgan fingerprint density at radius 3 is 2.79 bits per heavy atom. The third-order valence-corrected chi connectivity index (χ3v) is 4.13. The minimum Gasteiger partial charge on any atom is -0.491 e. The van der Waals surface area contributed by atoms with Crippen molar-refractivity contribution in [3.05, 3.63) is 29.1 Å². The normalized spacial score (nSPS) is 10.8. The predicted octanol–water partition coefficient (Wildman–Crippen LogP) is 4.56. The third kappa shape index (κ3) is 3.26. The van der Waals surface area contributed by atoms with Crippen LogP contribution in [0.2, 0.25) is 0 Å². The van der Waals surface area contributed by atoms with Gasteiger partial charge in [-0.3, -0.25) is 0 Å². The van der Waals surface area contributed by atoms with Crippen LogP contribution in [0.1, 0.15) is 42.3 Å². The van der Waals surface area contributed by atoms with Crippen molar-refractivity contribution in [2.75, 3.05) is 6.61 Å². The van der Waals surface area contributed by atoms with E-state index in [0.717, 1.165) is 22.9 Å². The fourth-order valence-corrected chi connectivity index (χ4v) is 3.00. The summed E-state index contributed by atoms with van der Waals surface area (Å²) in [6.07, 6.45) is 4.47. The van der Waals surface area contributed by atoms with Crippen LogP contribution in [-0.4, -0.2) is 17.7 Å². The molecular weight excluding hydrogens is 260 g/mol. The molecule has 1 aromatic carbocycles. The first-order valence-corrected chi connectivity index (χ1v) is 7.43. The van der Waals surface area contributed by atoms with E-state index in [1.54, 1.807) is 0 Å². The molecule has 0 saturated carbocycles. The van der Waals surface area contributed by atoms with Gasteiger partial charge in [0, 0.05) is 10.1 Å². The molecule has 0 atom stereocenters. The Balaban J connectivity index is 2.15. The number of benzene rings is 1. The lowest BCUT2D eigenvalue weighted by molar-refractivity contribution is 0.0698. The van der Waals surface area contributed by atoms with E-state index < -0.39 is 5.97 Å². The second-order valence-electron chi connectivity index (χ2n) is 4.47. The number of unbranched alkanes of at least 4 members (excludes halogenated alkanes) is 3. The summed E-state index contributed by atoms with van der Waals surface area (Å²) >= 11 is 1.28. The molecule has 19 heavy (non-hydrogen) atoms. The second kappa shape index (κ2) is 6.57. The second-order valence-corrected chi connectivity index (χ2v) is 5.52. The SMILES string of the molecule is CCCCCCOc1c(C(=O)O)sc2ccccc12. The van der Waals surface area contributed by atoms with Crippen LogP contribution in [0.15, 0.2) is 24.3 Å². The molecule has 1 aromatic heterocycles. The fraction of sp³-hybridized carbons (Fsp3) is 0.400. The van der Waals surface area contributed by atoms with Gasteiger partial charge in [0.05, 0.1) is 6.61 Å². The van der Waals surface area contributed by atoms with Crippen LogP contribution in [0.3, 0.4) is 0 Å². The highest BCUT2D eigenvalue weighted by Gasteiger charge is 2.18. The largest absolute Gasteiger partial charge is 0.491 e. The molecule has 2 rings (SSSR count). The molecule has 0 aliphatic heterocycles. The molecule has 0 fully saturated rings. The van der Waals surface area contributed by atoms with Gasteiger partial charge in [-0.2, -0.15) is 0 Å². The highest BCUT2D eigenvalue weighted by molar-refractivity contribution is 7.21. The number of aromatic carboxylic acids is 1. The van der Waals surface area contributed by atoms with Gasteiger partial charge in [-0.05, 0) is 18.6 Å². The zero-order chi connectivity index (χ0) is 13.7. The number of hydrogen-bond acceptors (Lipinski definition) is 3. The van der Waals surface area contributed by atoms with Crippen molar-refractivity contribution >= 4 is 27.4 Å². The van der Waals surface area contributed by atoms with Crippen molar-refractivity contribution in [3.8, 4) is 5.75 Å². The molecule has 3 nitrogen and oxygen atoms in total. The lowest BCUT2D eigenvalue weighted by Gasteiger charge is -2.06. The van der Waals surface area contributed by atoms with Crippen molar-refractivity contribution < 1.29 is 14.6 Å². The summed E-state index contributed by atoms with van der Waals surface area (Å²) in [7, 11) is 0. The Kier molecular flexibility index (Phi) is 4.80. The Bertz CT molecular complexity index is 560.